The van der Waals surface area contributed by atoms with E-state index in [0.29, 0.717) is 31.7 Å². The third kappa shape index (κ3) is 7.22. The molecule has 1 amide bonds. The summed E-state index contributed by atoms with van der Waals surface area (Å²) >= 11 is 1.51. The van der Waals surface area contributed by atoms with Crippen molar-refractivity contribution < 1.29 is 14.3 Å². The molecule has 5 rings (SSSR count). The van der Waals surface area contributed by atoms with Crippen molar-refractivity contribution in [1.82, 2.24) is 20.2 Å². The first-order valence-corrected chi connectivity index (χ1v) is 14.0. The molecule has 7 nitrogen and oxygen atoms in total. The van der Waals surface area contributed by atoms with Gasteiger partial charge in [0.2, 0.25) is 6.79 Å². The summed E-state index contributed by atoms with van der Waals surface area (Å²) in [4.78, 5) is 24.0. The van der Waals surface area contributed by atoms with Crippen LogP contribution >= 0.6 is 11.3 Å². The number of ether oxygens (including phenoxy) is 2. The summed E-state index contributed by atoms with van der Waals surface area (Å²) in [6.45, 7) is 9.54. The first-order valence-electron chi connectivity index (χ1n) is 13.2. The van der Waals surface area contributed by atoms with Gasteiger partial charge in [-0.25, -0.2) is 4.98 Å². The second kappa shape index (κ2) is 12.0. The maximum atomic E-state index is 12.7. The first-order chi connectivity index (χ1) is 18.8. The zero-order chi connectivity index (χ0) is 27.2. The normalized spacial score (nSPS) is 12.6. The monoisotopic (exact) mass is 542 g/mol. The van der Waals surface area contributed by atoms with Crippen LogP contribution in [0.15, 0.2) is 72.2 Å². The molecule has 0 atom stereocenters. The van der Waals surface area contributed by atoms with E-state index in [9.17, 15) is 4.79 Å². The van der Waals surface area contributed by atoms with Crippen LogP contribution in [0.2, 0.25) is 0 Å². The van der Waals surface area contributed by atoms with Crippen LogP contribution in [0.3, 0.4) is 0 Å². The lowest BCUT2D eigenvalue weighted by Crippen LogP contribution is -2.26. The number of hydrogen-bond donors (Lipinski definition) is 1. The lowest BCUT2D eigenvalue weighted by atomic mass is 9.87. The minimum Gasteiger partial charge on any atom is -0.454 e. The molecule has 4 aromatic rings. The summed E-state index contributed by atoms with van der Waals surface area (Å²) in [7, 11) is 0. The van der Waals surface area contributed by atoms with Gasteiger partial charge in [-0.05, 0) is 46.4 Å². The number of carbonyl (C=O) groups excluding carboxylic acids is 1. The molecule has 1 N–H and O–H groups in total. The molecule has 39 heavy (non-hydrogen) atoms. The highest BCUT2D eigenvalue weighted by Gasteiger charge is 2.18. The fourth-order valence-electron chi connectivity index (χ4n) is 4.45. The third-order valence-corrected chi connectivity index (χ3v) is 7.44. The average molecular weight is 543 g/mol. The number of nitrogens with one attached hydrogen (secondary N) is 1. The van der Waals surface area contributed by atoms with E-state index in [4.69, 9.17) is 9.47 Å². The Kier molecular flexibility index (Phi) is 8.24. The summed E-state index contributed by atoms with van der Waals surface area (Å²) in [5.41, 5.74) is 5.19. The molecule has 0 fully saturated rings. The van der Waals surface area contributed by atoms with E-state index in [1.54, 1.807) is 6.20 Å². The van der Waals surface area contributed by atoms with E-state index in [1.807, 2.05) is 35.7 Å². The summed E-state index contributed by atoms with van der Waals surface area (Å²) in [6.07, 6.45) is 2.44. The van der Waals surface area contributed by atoms with Crippen LogP contribution in [-0.2, 0) is 31.5 Å². The van der Waals surface area contributed by atoms with Crippen LogP contribution in [0.5, 0.6) is 11.5 Å². The van der Waals surface area contributed by atoms with Crippen molar-refractivity contribution >= 4 is 17.2 Å². The van der Waals surface area contributed by atoms with Gasteiger partial charge < -0.3 is 14.8 Å². The zero-order valence-electron chi connectivity index (χ0n) is 22.6. The molecule has 202 valence electrons. The molecule has 0 radical (unpaired) electrons. The van der Waals surface area contributed by atoms with E-state index in [2.05, 4.69) is 71.3 Å². The number of carbonyl (C=O) groups is 1. The van der Waals surface area contributed by atoms with Gasteiger partial charge in [-0.1, -0.05) is 57.2 Å². The van der Waals surface area contributed by atoms with Gasteiger partial charge in [-0.15, -0.1) is 11.3 Å². The van der Waals surface area contributed by atoms with Crippen LogP contribution in [-0.4, -0.2) is 34.1 Å². The predicted molar refractivity (Wildman–Crippen MR) is 153 cm³/mol. The van der Waals surface area contributed by atoms with Gasteiger partial charge in [-0.3, -0.25) is 14.7 Å². The second-order valence-electron chi connectivity index (χ2n) is 10.7. The van der Waals surface area contributed by atoms with Crippen molar-refractivity contribution in [3.8, 4) is 11.5 Å². The molecular weight excluding hydrogens is 508 g/mol. The van der Waals surface area contributed by atoms with Crippen LogP contribution < -0.4 is 14.8 Å². The molecule has 0 saturated carbocycles. The topological polar surface area (TPSA) is 76.6 Å². The number of rotatable bonds is 10. The molecule has 0 bridgehead atoms. The highest BCUT2D eigenvalue weighted by Crippen LogP contribution is 2.33. The molecule has 1 aliphatic rings. The standard InChI is InChI=1S/C31H34N4O3S/c1-31(2,3)24-10-7-22(8-11-24)17-35(18-23-9-12-27-28(16-23)38-21-37-27)19-29-34-26(20-39-29)30(36)33-15-13-25-6-4-5-14-32-25/h4-12,14,16,20H,13,15,17-19,21H2,1-3H3,(H,33,36). The molecular formula is C31H34N4O3S. The van der Waals surface area contributed by atoms with Gasteiger partial charge in [0.1, 0.15) is 10.7 Å². The van der Waals surface area contributed by atoms with E-state index < -0.39 is 0 Å². The number of fused-ring (bicyclic) bond motifs is 1. The quantitative estimate of drug-likeness (QED) is 0.275. The Morgan fingerprint density at radius 1 is 0.974 bits per heavy atom. The van der Waals surface area contributed by atoms with Gasteiger partial charge in [0, 0.05) is 43.3 Å². The Morgan fingerprint density at radius 3 is 2.51 bits per heavy atom. The Balaban J connectivity index is 1.26. The smallest absolute Gasteiger partial charge is 0.270 e. The summed E-state index contributed by atoms with van der Waals surface area (Å²) in [5, 5.41) is 5.70. The van der Waals surface area contributed by atoms with Crippen LogP contribution in [0.4, 0.5) is 0 Å². The molecule has 2 aromatic heterocycles. The fraction of sp³-hybridized carbons (Fsp3) is 0.323. The number of hydrogen-bond acceptors (Lipinski definition) is 7. The maximum absolute atomic E-state index is 12.7. The van der Waals surface area contributed by atoms with Gasteiger partial charge in [0.15, 0.2) is 11.5 Å². The van der Waals surface area contributed by atoms with Crippen LogP contribution in [0.25, 0.3) is 0 Å². The van der Waals surface area contributed by atoms with Crippen molar-refractivity contribution in [2.45, 2.75) is 52.2 Å². The molecule has 0 saturated heterocycles. The lowest BCUT2D eigenvalue weighted by molar-refractivity contribution is 0.0949. The molecule has 1 aliphatic heterocycles. The van der Waals surface area contributed by atoms with Crippen LogP contribution in [0.1, 0.15) is 58.7 Å². The first kappa shape index (κ1) is 26.8. The van der Waals surface area contributed by atoms with Crippen molar-refractivity contribution in [1.29, 1.82) is 0 Å². The Bertz CT molecular complexity index is 1400. The van der Waals surface area contributed by atoms with Crippen molar-refractivity contribution in [2.75, 3.05) is 13.3 Å². The van der Waals surface area contributed by atoms with E-state index in [1.165, 1.54) is 22.5 Å². The van der Waals surface area contributed by atoms with E-state index >= 15 is 0 Å². The number of benzene rings is 2. The Labute approximate surface area is 233 Å². The van der Waals surface area contributed by atoms with E-state index in [0.717, 1.165) is 34.3 Å². The van der Waals surface area contributed by atoms with Crippen LogP contribution in [0, 0.1) is 0 Å². The maximum Gasteiger partial charge on any atom is 0.270 e. The second-order valence-corrected chi connectivity index (χ2v) is 11.7. The number of aromatic nitrogens is 2. The minimum atomic E-state index is -0.159. The molecule has 2 aromatic carbocycles. The number of amides is 1. The van der Waals surface area contributed by atoms with Gasteiger partial charge in [0.05, 0.1) is 6.54 Å². The fourth-order valence-corrected chi connectivity index (χ4v) is 5.27. The average Bonchev–Trinajstić information content (AvgIpc) is 3.58. The summed E-state index contributed by atoms with van der Waals surface area (Å²) in [5.74, 6) is 1.40. The highest BCUT2D eigenvalue weighted by molar-refractivity contribution is 7.09. The highest BCUT2D eigenvalue weighted by atomic mass is 32.1. The molecule has 0 aliphatic carbocycles. The van der Waals surface area contributed by atoms with Gasteiger partial charge in [-0.2, -0.15) is 0 Å². The van der Waals surface area contributed by atoms with Crippen molar-refractivity contribution in [2.24, 2.45) is 0 Å². The minimum absolute atomic E-state index is 0.111. The van der Waals surface area contributed by atoms with Gasteiger partial charge >= 0.3 is 0 Å². The van der Waals surface area contributed by atoms with Crippen molar-refractivity contribution in [3.05, 3.63) is 105 Å². The number of thiazole rings is 1. The Morgan fingerprint density at radius 2 is 1.74 bits per heavy atom. The molecule has 0 spiro atoms. The van der Waals surface area contributed by atoms with Gasteiger partial charge in [0.25, 0.3) is 5.91 Å². The summed E-state index contributed by atoms with van der Waals surface area (Å²) < 4.78 is 11.1. The zero-order valence-corrected chi connectivity index (χ0v) is 23.5. The lowest BCUT2D eigenvalue weighted by Gasteiger charge is -2.23. The van der Waals surface area contributed by atoms with Crippen molar-refractivity contribution in [3.63, 3.8) is 0 Å². The predicted octanol–water partition coefficient (Wildman–Crippen LogP) is 5.74. The third-order valence-electron chi connectivity index (χ3n) is 6.61. The summed E-state index contributed by atoms with van der Waals surface area (Å²) in [6, 6.07) is 20.7. The van der Waals surface area contributed by atoms with E-state index in [-0.39, 0.29) is 18.1 Å². The number of nitrogens with zero attached hydrogens (tertiary/aromatic N) is 3. The Hall–Kier alpha value is -3.75. The largest absolute Gasteiger partial charge is 0.454 e. The molecule has 0 unspecified atom stereocenters. The molecule has 8 heteroatoms. The number of pyridine rings is 1. The molecule has 3 heterocycles. The SMILES string of the molecule is CC(C)(C)c1ccc(CN(Cc2ccc3c(c2)OCO3)Cc2nc(C(=O)NCCc3ccccn3)cs2)cc1.